The Balaban J connectivity index is 1.92. The van der Waals surface area contributed by atoms with E-state index in [9.17, 15) is 18.8 Å². The van der Waals surface area contributed by atoms with Crippen molar-refractivity contribution in [3.8, 4) is 5.75 Å². The number of aromatic nitrogens is 1. The number of amides is 1. The topological polar surface area (TPSA) is 77.8 Å². The molecular weight excluding hydrogens is 451 g/mol. The Hall–Kier alpha value is -3.94. The van der Waals surface area contributed by atoms with Crippen LogP contribution in [-0.4, -0.2) is 46.9 Å². The molecule has 7 nitrogen and oxygen atoms in total. The second kappa shape index (κ2) is 11.0. The molecule has 35 heavy (non-hydrogen) atoms. The monoisotopic (exact) mass is 480 g/mol. The van der Waals surface area contributed by atoms with Crippen molar-refractivity contribution in [2.75, 3.05) is 13.7 Å². The maximum atomic E-state index is 13.7. The minimum Gasteiger partial charge on any atom is -0.484 e. The maximum absolute atomic E-state index is 13.7. The van der Waals surface area contributed by atoms with Crippen molar-refractivity contribution in [3.05, 3.63) is 88.5 Å². The van der Waals surface area contributed by atoms with E-state index in [1.807, 2.05) is 6.07 Å². The average molecular weight is 481 g/mol. The molecule has 2 aromatic carbocycles. The van der Waals surface area contributed by atoms with Crippen molar-refractivity contribution in [1.82, 2.24) is 9.47 Å². The van der Waals surface area contributed by atoms with Gasteiger partial charge in [0.15, 0.2) is 12.4 Å². The lowest BCUT2D eigenvalue weighted by Crippen LogP contribution is -2.45. The van der Waals surface area contributed by atoms with E-state index < -0.39 is 23.7 Å². The molecule has 3 aromatic rings. The maximum Gasteiger partial charge on any atom is 0.354 e. The molecular formula is C27H29FN2O5. The number of methoxy groups -OCH3 is 1. The first-order chi connectivity index (χ1) is 16.6. The molecule has 1 amide bonds. The van der Waals surface area contributed by atoms with Gasteiger partial charge in [-0.3, -0.25) is 9.59 Å². The van der Waals surface area contributed by atoms with E-state index >= 15 is 0 Å². The standard InChI is InChI=1S/C27H29FN2O5/c1-17-24(18(2)29(4)25(17)27(33)34-5)26(32)19(3)30(15-20-11-13-21(28)14-12-20)23(31)16-35-22-9-7-6-8-10-22/h6-14,19H,15-16H2,1-5H3. The Morgan fingerprint density at radius 2 is 1.66 bits per heavy atom. The highest BCUT2D eigenvalue weighted by atomic mass is 19.1. The van der Waals surface area contributed by atoms with Gasteiger partial charge in [0.2, 0.25) is 0 Å². The zero-order chi connectivity index (χ0) is 25.7. The summed E-state index contributed by atoms with van der Waals surface area (Å²) >= 11 is 0. The summed E-state index contributed by atoms with van der Waals surface area (Å²) in [5, 5.41) is 0. The van der Waals surface area contributed by atoms with Crippen molar-refractivity contribution in [1.29, 1.82) is 0 Å². The molecule has 0 aliphatic rings. The van der Waals surface area contributed by atoms with Crippen LogP contribution < -0.4 is 4.74 Å². The molecule has 0 saturated heterocycles. The molecule has 8 heteroatoms. The third kappa shape index (κ3) is 5.59. The van der Waals surface area contributed by atoms with E-state index in [0.717, 1.165) is 0 Å². The molecule has 1 heterocycles. The Morgan fingerprint density at radius 1 is 1.03 bits per heavy atom. The fourth-order valence-corrected chi connectivity index (χ4v) is 4.05. The molecule has 0 bridgehead atoms. The smallest absolute Gasteiger partial charge is 0.354 e. The summed E-state index contributed by atoms with van der Waals surface area (Å²) in [6.07, 6.45) is 0. The fraction of sp³-hybridized carbons (Fsp3) is 0.296. The predicted molar refractivity (Wildman–Crippen MR) is 129 cm³/mol. The van der Waals surface area contributed by atoms with Crippen LogP contribution in [0, 0.1) is 19.7 Å². The van der Waals surface area contributed by atoms with E-state index in [4.69, 9.17) is 9.47 Å². The third-order valence-electron chi connectivity index (χ3n) is 6.09. The van der Waals surface area contributed by atoms with Crippen LogP contribution in [0.2, 0.25) is 0 Å². The quantitative estimate of drug-likeness (QED) is 0.338. The first-order valence-electron chi connectivity index (χ1n) is 11.2. The number of carbonyl (C=O) groups is 3. The molecule has 0 aliphatic carbocycles. The van der Waals surface area contributed by atoms with Crippen LogP contribution >= 0.6 is 0 Å². The van der Waals surface area contributed by atoms with Crippen LogP contribution in [0.25, 0.3) is 0 Å². The van der Waals surface area contributed by atoms with Gasteiger partial charge in [0.1, 0.15) is 17.3 Å². The van der Waals surface area contributed by atoms with Crippen molar-refractivity contribution in [2.24, 2.45) is 7.05 Å². The van der Waals surface area contributed by atoms with Crippen LogP contribution in [0.15, 0.2) is 54.6 Å². The zero-order valence-corrected chi connectivity index (χ0v) is 20.5. The average Bonchev–Trinajstić information content (AvgIpc) is 3.09. The van der Waals surface area contributed by atoms with Crippen LogP contribution in [-0.2, 0) is 23.1 Å². The van der Waals surface area contributed by atoms with Gasteiger partial charge in [-0.15, -0.1) is 0 Å². The van der Waals surface area contributed by atoms with Crippen LogP contribution in [0.5, 0.6) is 5.75 Å². The molecule has 0 fully saturated rings. The third-order valence-corrected chi connectivity index (χ3v) is 6.09. The highest BCUT2D eigenvalue weighted by molar-refractivity contribution is 6.06. The van der Waals surface area contributed by atoms with E-state index in [1.165, 1.54) is 24.1 Å². The number of nitrogens with zero attached hydrogens (tertiary/aromatic N) is 2. The minimum atomic E-state index is -0.878. The molecule has 1 aromatic heterocycles. The number of carbonyl (C=O) groups excluding carboxylic acids is 3. The molecule has 0 N–H and O–H groups in total. The van der Waals surface area contributed by atoms with E-state index in [-0.39, 0.29) is 24.6 Å². The van der Waals surface area contributed by atoms with Gasteiger partial charge >= 0.3 is 5.97 Å². The zero-order valence-electron chi connectivity index (χ0n) is 20.5. The van der Waals surface area contributed by atoms with Crippen LogP contribution in [0.3, 0.4) is 0 Å². The van der Waals surface area contributed by atoms with Gasteiger partial charge in [0.05, 0.1) is 13.2 Å². The van der Waals surface area contributed by atoms with E-state index in [1.54, 1.807) is 68.8 Å². The van der Waals surface area contributed by atoms with Gasteiger partial charge in [0, 0.05) is 24.8 Å². The highest BCUT2D eigenvalue weighted by Crippen LogP contribution is 2.25. The number of benzene rings is 2. The summed E-state index contributed by atoms with van der Waals surface area (Å²) in [6, 6.07) is 13.8. The number of rotatable bonds is 9. The normalized spacial score (nSPS) is 11.6. The van der Waals surface area contributed by atoms with Gasteiger partial charge in [-0.2, -0.15) is 0 Å². The number of hydrogen-bond donors (Lipinski definition) is 0. The molecule has 0 spiro atoms. The van der Waals surface area contributed by atoms with Gasteiger partial charge in [-0.25, -0.2) is 9.18 Å². The van der Waals surface area contributed by atoms with Crippen molar-refractivity contribution in [2.45, 2.75) is 33.4 Å². The van der Waals surface area contributed by atoms with E-state index in [2.05, 4.69) is 0 Å². The molecule has 1 atom stereocenters. The number of Topliss-reactive ketones (excluding diaryl/α,β-unsaturated/α-hetero) is 1. The summed E-state index contributed by atoms with van der Waals surface area (Å²) in [7, 11) is 2.97. The Bertz CT molecular complexity index is 1220. The number of ether oxygens (including phenoxy) is 2. The van der Waals surface area contributed by atoms with Crippen LogP contribution in [0.1, 0.15) is 44.6 Å². The second-order valence-corrected chi connectivity index (χ2v) is 8.27. The molecule has 184 valence electrons. The van der Waals surface area contributed by atoms with Gasteiger partial charge < -0.3 is 18.9 Å². The summed E-state index contributed by atoms with van der Waals surface area (Å²) in [5.41, 5.74) is 2.39. The second-order valence-electron chi connectivity index (χ2n) is 8.27. The number of hydrogen-bond acceptors (Lipinski definition) is 5. The van der Waals surface area contributed by atoms with Crippen molar-refractivity contribution < 1.29 is 28.2 Å². The number of para-hydroxylation sites is 1. The summed E-state index contributed by atoms with van der Waals surface area (Å²) in [6.45, 7) is 4.87. The lowest BCUT2D eigenvalue weighted by Gasteiger charge is -2.29. The van der Waals surface area contributed by atoms with Gasteiger partial charge in [0.25, 0.3) is 5.91 Å². The molecule has 0 radical (unpaired) electrons. The summed E-state index contributed by atoms with van der Waals surface area (Å²) < 4.78 is 25.5. The Kier molecular flexibility index (Phi) is 8.06. The fourth-order valence-electron chi connectivity index (χ4n) is 4.05. The molecule has 0 aliphatic heterocycles. The molecule has 1 unspecified atom stereocenters. The largest absolute Gasteiger partial charge is 0.484 e. The Labute approximate surface area is 204 Å². The minimum absolute atomic E-state index is 0.0823. The number of esters is 1. The van der Waals surface area contributed by atoms with Crippen LogP contribution in [0.4, 0.5) is 4.39 Å². The SMILES string of the molecule is COC(=O)c1c(C)c(C(=O)C(C)N(Cc2ccc(F)cc2)C(=O)COc2ccccc2)c(C)n1C. The summed E-state index contributed by atoms with van der Waals surface area (Å²) in [5.74, 6) is -1.14. The lowest BCUT2D eigenvalue weighted by atomic mass is 9.99. The Morgan fingerprint density at radius 3 is 2.26 bits per heavy atom. The first kappa shape index (κ1) is 25.7. The first-order valence-corrected chi connectivity index (χ1v) is 11.2. The number of halogens is 1. The van der Waals surface area contributed by atoms with Gasteiger partial charge in [-0.05, 0) is 56.2 Å². The van der Waals surface area contributed by atoms with Crippen molar-refractivity contribution >= 4 is 17.7 Å². The highest BCUT2D eigenvalue weighted by Gasteiger charge is 2.32. The van der Waals surface area contributed by atoms with Gasteiger partial charge in [-0.1, -0.05) is 30.3 Å². The number of ketones is 1. The van der Waals surface area contributed by atoms with Crippen molar-refractivity contribution in [3.63, 3.8) is 0 Å². The predicted octanol–water partition coefficient (Wildman–Crippen LogP) is 4.25. The molecule has 0 saturated carbocycles. The lowest BCUT2D eigenvalue weighted by molar-refractivity contribution is -0.135. The summed E-state index contributed by atoms with van der Waals surface area (Å²) in [4.78, 5) is 40.6. The van der Waals surface area contributed by atoms with E-state index in [0.29, 0.717) is 28.1 Å². The molecule has 3 rings (SSSR count).